The molecule has 0 saturated carbocycles. The van der Waals surface area contributed by atoms with Crippen molar-refractivity contribution in [3.8, 4) is 5.75 Å². The largest absolute Gasteiger partial charge is 0.494 e. The lowest BCUT2D eigenvalue weighted by molar-refractivity contribution is -0.119. The number of rotatable bonds is 8. The van der Waals surface area contributed by atoms with E-state index >= 15 is 0 Å². The van der Waals surface area contributed by atoms with E-state index in [-0.39, 0.29) is 17.2 Å². The lowest BCUT2D eigenvalue weighted by atomic mass is 10.1. The lowest BCUT2D eigenvalue weighted by Gasteiger charge is -2.15. The molecule has 0 unspecified atom stereocenters. The Morgan fingerprint density at radius 3 is 2.23 bits per heavy atom. The molecule has 0 saturated heterocycles. The molecular weight excluding hydrogens is 410 g/mol. The van der Waals surface area contributed by atoms with Gasteiger partial charge in [-0.25, -0.2) is 9.69 Å². The summed E-state index contributed by atoms with van der Waals surface area (Å²) in [6.07, 6.45) is 0. The quantitative estimate of drug-likeness (QED) is 0.363. The number of imide groups is 1. The molecule has 30 heavy (non-hydrogen) atoms. The molecule has 1 aliphatic heterocycles. The third-order valence-electron chi connectivity index (χ3n) is 4.36. The molecule has 1 aliphatic rings. The molecule has 0 N–H and O–H groups in total. The monoisotopic (exact) mass is 429 g/mol. The van der Waals surface area contributed by atoms with Gasteiger partial charge in [0, 0.05) is 7.11 Å². The van der Waals surface area contributed by atoms with Crippen molar-refractivity contribution in [1.29, 1.82) is 0 Å². The van der Waals surface area contributed by atoms with Gasteiger partial charge in [-0.1, -0.05) is 23.7 Å². The maximum Gasteiger partial charge on any atom is 0.338 e. The zero-order chi connectivity index (χ0) is 21.7. The SMILES string of the molecule is CCOc1ccc(C2=C(Cl)C(=O)N(c3ccc(C(=O)OCCOC)cc3)C2=O)cc1. The van der Waals surface area contributed by atoms with Gasteiger partial charge >= 0.3 is 5.97 Å². The van der Waals surface area contributed by atoms with Crippen molar-refractivity contribution in [3.05, 3.63) is 64.7 Å². The Balaban J connectivity index is 1.79. The van der Waals surface area contributed by atoms with Crippen molar-refractivity contribution < 1.29 is 28.6 Å². The minimum absolute atomic E-state index is 0.118. The van der Waals surface area contributed by atoms with Crippen LogP contribution in [-0.2, 0) is 19.1 Å². The summed E-state index contributed by atoms with van der Waals surface area (Å²) in [7, 11) is 1.51. The maximum absolute atomic E-state index is 13.0. The van der Waals surface area contributed by atoms with E-state index in [0.29, 0.717) is 35.8 Å². The molecule has 8 heteroatoms. The van der Waals surface area contributed by atoms with Gasteiger partial charge in [-0.3, -0.25) is 9.59 Å². The molecule has 156 valence electrons. The number of nitrogens with zero attached hydrogens (tertiary/aromatic N) is 1. The van der Waals surface area contributed by atoms with E-state index in [2.05, 4.69) is 0 Å². The number of anilines is 1. The molecule has 0 aromatic heterocycles. The van der Waals surface area contributed by atoms with E-state index in [9.17, 15) is 14.4 Å². The lowest BCUT2D eigenvalue weighted by Crippen LogP contribution is -2.31. The smallest absolute Gasteiger partial charge is 0.338 e. The summed E-state index contributed by atoms with van der Waals surface area (Å²) in [4.78, 5) is 38.6. The van der Waals surface area contributed by atoms with Crippen LogP contribution in [0.5, 0.6) is 5.75 Å². The van der Waals surface area contributed by atoms with Gasteiger partial charge < -0.3 is 14.2 Å². The second-order valence-corrected chi connectivity index (χ2v) is 6.65. The van der Waals surface area contributed by atoms with Gasteiger partial charge in [0.05, 0.1) is 30.0 Å². The third-order valence-corrected chi connectivity index (χ3v) is 4.71. The van der Waals surface area contributed by atoms with Gasteiger partial charge in [0.1, 0.15) is 17.4 Å². The summed E-state index contributed by atoms with van der Waals surface area (Å²) in [6, 6.07) is 12.7. The highest BCUT2D eigenvalue weighted by Crippen LogP contribution is 2.35. The van der Waals surface area contributed by atoms with Crippen LogP contribution in [0.4, 0.5) is 5.69 Å². The number of amides is 2. The fourth-order valence-corrected chi connectivity index (χ4v) is 3.19. The first kappa shape index (κ1) is 21.5. The summed E-state index contributed by atoms with van der Waals surface area (Å²) < 4.78 is 15.3. The van der Waals surface area contributed by atoms with E-state index in [4.69, 9.17) is 25.8 Å². The Hall–Kier alpha value is -3.16. The number of carbonyl (C=O) groups is 3. The Kier molecular flexibility index (Phi) is 6.87. The number of halogens is 1. The molecule has 0 fully saturated rings. The van der Waals surface area contributed by atoms with Crippen molar-refractivity contribution >= 4 is 40.6 Å². The first-order valence-electron chi connectivity index (χ1n) is 9.25. The number of ether oxygens (including phenoxy) is 3. The average molecular weight is 430 g/mol. The molecule has 2 amide bonds. The van der Waals surface area contributed by atoms with Crippen molar-refractivity contribution in [2.24, 2.45) is 0 Å². The molecule has 0 atom stereocenters. The number of carbonyl (C=O) groups excluding carboxylic acids is 3. The second kappa shape index (κ2) is 9.56. The van der Waals surface area contributed by atoms with Gasteiger partial charge in [-0.05, 0) is 48.9 Å². The van der Waals surface area contributed by atoms with Crippen molar-refractivity contribution in [2.45, 2.75) is 6.92 Å². The molecule has 7 nitrogen and oxygen atoms in total. The fraction of sp³-hybridized carbons (Fsp3) is 0.227. The van der Waals surface area contributed by atoms with Crippen molar-refractivity contribution in [3.63, 3.8) is 0 Å². The van der Waals surface area contributed by atoms with E-state index in [1.807, 2.05) is 6.92 Å². The second-order valence-electron chi connectivity index (χ2n) is 6.27. The Morgan fingerprint density at radius 1 is 0.967 bits per heavy atom. The molecule has 0 radical (unpaired) electrons. The minimum Gasteiger partial charge on any atom is -0.494 e. The van der Waals surface area contributed by atoms with Gasteiger partial charge in [-0.15, -0.1) is 0 Å². The van der Waals surface area contributed by atoms with Gasteiger partial charge in [0.15, 0.2) is 0 Å². The summed E-state index contributed by atoms with van der Waals surface area (Å²) in [6.45, 7) is 2.81. The molecule has 1 heterocycles. The highest BCUT2D eigenvalue weighted by atomic mass is 35.5. The molecule has 0 aliphatic carbocycles. The minimum atomic E-state index is -0.624. The Morgan fingerprint density at radius 2 is 1.63 bits per heavy atom. The number of esters is 1. The number of methoxy groups -OCH3 is 1. The number of hydrogen-bond acceptors (Lipinski definition) is 6. The Labute approximate surface area is 178 Å². The highest BCUT2D eigenvalue weighted by Gasteiger charge is 2.39. The zero-order valence-electron chi connectivity index (χ0n) is 16.5. The van der Waals surface area contributed by atoms with E-state index in [1.54, 1.807) is 24.3 Å². The molecule has 2 aromatic carbocycles. The van der Waals surface area contributed by atoms with E-state index in [0.717, 1.165) is 4.90 Å². The molecule has 3 rings (SSSR count). The summed E-state index contributed by atoms with van der Waals surface area (Å²) >= 11 is 6.21. The molecule has 0 bridgehead atoms. The fourth-order valence-electron chi connectivity index (χ4n) is 2.92. The summed E-state index contributed by atoms with van der Waals surface area (Å²) in [5.74, 6) is -1.03. The molecular formula is C22H20ClNO6. The average Bonchev–Trinajstić information content (AvgIpc) is 2.97. The number of benzene rings is 2. The zero-order valence-corrected chi connectivity index (χ0v) is 17.3. The van der Waals surface area contributed by atoms with Crippen LogP contribution in [0.2, 0.25) is 0 Å². The third kappa shape index (κ3) is 4.37. The predicted molar refractivity (Wildman–Crippen MR) is 111 cm³/mol. The first-order chi connectivity index (χ1) is 14.5. The van der Waals surface area contributed by atoms with Gasteiger partial charge in [0.25, 0.3) is 11.8 Å². The number of hydrogen-bond donors (Lipinski definition) is 0. The highest BCUT2D eigenvalue weighted by molar-refractivity contribution is 6.60. The molecule has 0 spiro atoms. The van der Waals surface area contributed by atoms with Crippen molar-refractivity contribution in [1.82, 2.24) is 0 Å². The van der Waals surface area contributed by atoms with Crippen LogP contribution in [0.25, 0.3) is 5.57 Å². The van der Waals surface area contributed by atoms with E-state index < -0.39 is 17.8 Å². The first-order valence-corrected chi connectivity index (χ1v) is 9.63. The molecule has 2 aromatic rings. The van der Waals surface area contributed by atoms with Crippen LogP contribution in [0.15, 0.2) is 53.6 Å². The normalized spacial score (nSPS) is 13.8. The van der Waals surface area contributed by atoms with Crippen LogP contribution >= 0.6 is 11.6 Å². The summed E-state index contributed by atoms with van der Waals surface area (Å²) in [5, 5.41) is -0.160. The van der Waals surface area contributed by atoms with Crippen LogP contribution in [0.3, 0.4) is 0 Å². The van der Waals surface area contributed by atoms with Crippen LogP contribution in [0.1, 0.15) is 22.8 Å². The van der Waals surface area contributed by atoms with Crippen LogP contribution in [-0.4, -0.2) is 44.7 Å². The topological polar surface area (TPSA) is 82.1 Å². The summed E-state index contributed by atoms with van der Waals surface area (Å²) in [5.41, 5.74) is 1.23. The maximum atomic E-state index is 13.0. The van der Waals surface area contributed by atoms with Crippen LogP contribution in [0, 0.1) is 0 Å². The van der Waals surface area contributed by atoms with Gasteiger partial charge in [0.2, 0.25) is 0 Å². The van der Waals surface area contributed by atoms with Crippen LogP contribution < -0.4 is 9.64 Å². The standard InChI is InChI=1S/C22H20ClNO6/c1-3-29-17-10-6-14(7-11-17)18-19(23)21(26)24(20(18)25)16-8-4-15(5-9-16)22(27)30-13-12-28-2/h4-11H,3,12-13H2,1-2H3. The Bertz CT molecular complexity index is 982. The predicted octanol–water partition coefficient (Wildman–Crippen LogP) is 3.41. The van der Waals surface area contributed by atoms with Gasteiger partial charge in [-0.2, -0.15) is 0 Å². The van der Waals surface area contributed by atoms with E-state index in [1.165, 1.54) is 31.4 Å². The van der Waals surface area contributed by atoms with Crippen molar-refractivity contribution in [2.75, 3.05) is 31.8 Å².